The summed E-state index contributed by atoms with van der Waals surface area (Å²) >= 11 is 0. The summed E-state index contributed by atoms with van der Waals surface area (Å²) in [7, 11) is 0. The summed E-state index contributed by atoms with van der Waals surface area (Å²) in [6.45, 7) is 2.06. The van der Waals surface area contributed by atoms with Crippen LogP contribution in [0.5, 0.6) is 0 Å². The Hall–Kier alpha value is -1.97. The van der Waals surface area contributed by atoms with Gasteiger partial charge in [0.05, 0.1) is 0 Å². The van der Waals surface area contributed by atoms with Crippen LogP contribution in [0.4, 0.5) is 74.6 Å². The average Bonchev–Trinajstić information content (AvgIpc) is 2.90. The van der Waals surface area contributed by atoms with Crippen LogP contribution in [0.25, 0.3) is 0 Å². The molecule has 0 spiro atoms. The Morgan fingerprint density at radius 2 is 0.884 bits per heavy atom. The Kier molecular flexibility index (Phi) is 10.5. The number of hydrogen-bond donors (Lipinski definition) is 0. The average molecular weight is 662 g/mol. The monoisotopic (exact) mass is 662 g/mol. The van der Waals surface area contributed by atoms with Gasteiger partial charge in [0.2, 0.25) is 0 Å². The molecule has 1 aliphatic carbocycles. The predicted octanol–water partition coefficient (Wildman–Crippen LogP) is 11.1. The van der Waals surface area contributed by atoms with Crippen molar-refractivity contribution in [1.82, 2.24) is 0 Å². The lowest BCUT2D eigenvalue weighted by Gasteiger charge is -2.42. The van der Waals surface area contributed by atoms with E-state index in [2.05, 4.69) is 6.92 Å². The standard InChI is InChI=1S/C26H27F17/c1-2-3-4-15-5-7-16(8-6-15)9-10-17-11-13-18(14-12-17)19(27,28)20(29,30)21(31,32)22(33,34)23(35,36)24(37,38)25(39,40)26(41,42)43/h11-16H,2-10H2,1H3. The van der Waals surface area contributed by atoms with Crippen molar-refractivity contribution in [3.8, 4) is 0 Å². The summed E-state index contributed by atoms with van der Waals surface area (Å²) in [5, 5.41) is 0. The fourth-order valence-electron chi connectivity index (χ4n) is 4.90. The van der Waals surface area contributed by atoms with Gasteiger partial charge in [0.1, 0.15) is 0 Å². The molecule has 0 heterocycles. The molecule has 0 atom stereocenters. The van der Waals surface area contributed by atoms with Crippen molar-refractivity contribution in [1.29, 1.82) is 0 Å². The lowest BCUT2D eigenvalue weighted by molar-refractivity contribution is -0.462. The highest BCUT2D eigenvalue weighted by molar-refractivity contribution is 5.29. The Morgan fingerprint density at radius 3 is 1.28 bits per heavy atom. The number of hydrogen-bond acceptors (Lipinski definition) is 0. The van der Waals surface area contributed by atoms with Gasteiger partial charge in [0.15, 0.2) is 0 Å². The van der Waals surface area contributed by atoms with Crippen LogP contribution in [0.3, 0.4) is 0 Å². The van der Waals surface area contributed by atoms with Crippen LogP contribution in [0.1, 0.15) is 69.4 Å². The van der Waals surface area contributed by atoms with E-state index in [-0.39, 0.29) is 30.0 Å². The van der Waals surface area contributed by atoms with Gasteiger partial charge in [-0.05, 0) is 30.2 Å². The van der Waals surface area contributed by atoms with E-state index >= 15 is 0 Å². The second-order valence-electron chi connectivity index (χ2n) is 10.8. The molecule has 43 heavy (non-hydrogen) atoms. The first-order valence-corrected chi connectivity index (χ1v) is 13.0. The lowest BCUT2D eigenvalue weighted by Crippen LogP contribution is -2.74. The molecule has 2 rings (SSSR count). The fraction of sp³-hybridized carbons (Fsp3) is 0.769. The molecular weight excluding hydrogens is 635 g/mol. The number of aryl methyl sites for hydroxylation is 1. The summed E-state index contributed by atoms with van der Waals surface area (Å²) in [5.41, 5.74) is -1.97. The molecule has 0 unspecified atom stereocenters. The van der Waals surface area contributed by atoms with Crippen molar-refractivity contribution in [2.24, 2.45) is 11.8 Å². The third kappa shape index (κ3) is 6.28. The minimum absolute atomic E-state index is 0.0592. The van der Waals surface area contributed by atoms with Gasteiger partial charge < -0.3 is 0 Å². The maximum atomic E-state index is 14.5. The summed E-state index contributed by atoms with van der Waals surface area (Å²) in [4.78, 5) is 0. The highest BCUT2D eigenvalue weighted by atomic mass is 19.4. The molecule has 0 amide bonds. The highest BCUT2D eigenvalue weighted by Gasteiger charge is 2.95. The van der Waals surface area contributed by atoms with Gasteiger partial charge in [0.25, 0.3) is 0 Å². The zero-order valence-corrected chi connectivity index (χ0v) is 22.3. The third-order valence-corrected chi connectivity index (χ3v) is 7.81. The van der Waals surface area contributed by atoms with E-state index in [1.807, 2.05) is 0 Å². The molecule has 1 aromatic carbocycles. The molecule has 1 fully saturated rings. The number of rotatable bonds is 13. The van der Waals surface area contributed by atoms with Crippen molar-refractivity contribution >= 4 is 0 Å². The molecule has 0 bridgehead atoms. The smallest absolute Gasteiger partial charge is 0.194 e. The van der Waals surface area contributed by atoms with Crippen molar-refractivity contribution in [3.63, 3.8) is 0 Å². The molecule has 1 aromatic rings. The van der Waals surface area contributed by atoms with Gasteiger partial charge >= 0.3 is 47.6 Å². The van der Waals surface area contributed by atoms with Crippen LogP contribution in [0.2, 0.25) is 0 Å². The first-order chi connectivity index (χ1) is 19.2. The molecule has 0 N–H and O–H groups in total. The summed E-state index contributed by atoms with van der Waals surface area (Å²) in [6, 6.07) is 1.55. The van der Waals surface area contributed by atoms with Gasteiger partial charge in [-0.2, -0.15) is 74.6 Å². The van der Waals surface area contributed by atoms with Crippen molar-refractivity contribution in [2.45, 2.75) is 112 Å². The molecule has 250 valence electrons. The zero-order chi connectivity index (χ0) is 33.5. The summed E-state index contributed by atoms with van der Waals surface area (Å²) in [6.07, 6.45) is -0.218. The van der Waals surface area contributed by atoms with Crippen LogP contribution >= 0.6 is 0 Å². The van der Waals surface area contributed by atoms with Gasteiger partial charge in [-0.15, -0.1) is 0 Å². The molecule has 0 aliphatic heterocycles. The van der Waals surface area contributed by atoms with E-state index in [1.54, 1.807) is 0 Å². The van der Waals surface area contributed by atoms with Crippen LogP contribution in [0, 0.1) is 11.8 Å². The van der Waals surface area contributed by atoms with Gasteiger partial charge in [-0.25, -0.2) is 0 Å². The fourth-order valence-corrected chi connectivity index (χ4v) is 4.90. The Labute approximate surface area is 235 Å². The van der Waals surface area contributed by atoms with E-state index in [9.17, 15) is 74.6 Å². The molecule has 17 heteroatoms. The third-order valence-electron chi connectivity index (χ3n) is 7.81. The van der Waals surface area contributed by atoms with Crippen molar-refractivity contribution < 1.29 is 74.6 Å². The maximum absolute atomic E-state index is 14.5. The van der Waals surface area contributed by atoms with Crippen LogP contribution in [-0.2, 0) is 12.3 Å². The van der Waals surface area contributed by atoms with Crippen molar-refractivity contribution in [2.75, 3.05) is 0 Å². The van der Waals surface area contributed by atoms with Gasteiger partial charge in [-0.3, -0.25) is 0 Å². The van der Waals surface area contributed by atoms with E-state index in [1.165, 1.54) is 0 Å². The van der Waals surface area contributed by atoms with Crippen LogP contribution in [0.15, 0.2) is 24.3 Å². The molecule has 0 saturated heterocycles. The molecule has 0 radical (unpaired) electrons. The lowest BCUT2D eigenvalue weighted by atomic mass is 9.78. The van der Waals surface area contributed by atoms with Gasteiger partial charge in [-0.1, -0.05) is 76.1 Å². The van der Waals surface area contributed by atoms with Crippen molar-refractivity contribution in [3.05, 3.63) is 35.4 Å². The Bertz CT molecular complexity index is 1050. The van der Waals surface area contributed by atoms with Gasteiger partial charge in [0, 0.05) is 5.56 Å². The molecule has 0 aromatic heterocycles. The topological polar surface area (TPSA) is 0 Å². The normalized spacial score (nSPS) is 20.4. The maximum Gasteiger partial charge on any atom is 0.460 e. The minimum atomic E-state index is -8.62. The molecule has 1 aliphatic rings. The van der Waals surface area contributed by atoms with E-state index in [0.29, 0.717) is 12.3 Å². The summed E-state index contributed by atoms with van der Waals surface area (Å²) in [5.74, 6) is -55.6. The SMILES string of the molecule is CCCCC1CCC(CCc2ccc(C(F)(F)C(F)(F)C(F)(F)C(F)(F)C(F)(F)C(F)(F)C(F)(F)C(F)(F)F)cc2)CC1. The predicted molar refractivity (Wildman–Crippen MR) is 119 cm³/mol. The first kappa shape index (κ1) is 37.2. The second-order valence-corrected chi connectivity index (χ2v) is 10.8. The zero-order valence-electron chi connectivity index (χ0n) is 22.3. The number of unbranched alkanes of at least 4 members (excludes halogenated alkanes) is 1. The van der Waals surface area contributed by atoms with E-state index in [0.717, 1.165) is 57.1 Å². The second kappa shape index (κ2) is 12.1. The minimum Gasteiger partial charge on any atom is -0.194 e. The molecular formula is C26H27F17. The largest absolute Gasteiger partial charge is 0.460 e. The number of halogens is 17. The number of benzene rings is 1. The first-order valence-electron chi connectivity index (χ1n) is 13.0. The quantitative estimate of drug-likeness (QED) is 0.185. The summed E-state index contributed by atoms with van der Waals surface area (Å²) < 4.78 is 230. The van der Waals surface area contributed by atoms with Crippen LogP contribution < -0.4 is 0 Å². The Balaban J connectivity index is 2.27. The van der Waals surface area contributed by atoms with E-state index in [4.69, 9.17) is 0 Å². The molecule has 0 nitrogen and oxygen atoms in total. The van der Waals surface area contributed by atoms with Crippen LogP contribution in [-0.4, -0.2) is 41.7 Å². The Morgan fingerprint density at radius 1 is 0.512 bits per heavy atom. The van der Waals surface area contributed by atoms with E-state index < -0.39 is 53.2 Å². The molecule has 1 saturated carbocycles. The number of alkyl halides is 17. The highest BCUT2D eigenvalue weighted by Crippen LogP contribution is 2.65.